The van der Waals surface area contributed by atoms with E-state index in [0.29, 0.717) is 6.54 Å². The summed E-state index contributed by atoms with van der Waals surface area (Å²) in [6, 6.07) is 12.0. The van der Waals surface area contributed by atoms with Crippen LogP contribution in [0.25, 0.3) is 10.9 Å². The Morgan fingerprint density at radius 3 is 2.88 bits per heavy atom. The minimum absolute atomic E-state index is 0.167. The van der Waals surface area contributed by atoms with Crippen LogP contribution in [0.15, 0.2) is 36.4 Å². The maximum Gasteiger partial charge on any atom is 0.223 e. The topological polar surface area (TPSA) is 42.0 Å². The fraction of sp³-hybridized carbons (Fsp3) is 0.286. The summed E-state index contributed by atoms with van der Waals surface area (Å²) in [5.74, 6) is 0.426. The Kier molecular flexibility index (Phi) is 2.52. The van der Waals surface area contributed by atoms with Crippen LogP contribution in [0.2, 0.25) is 0 Å². The van der Waals surface area contributed by atoms with E-state index in [2.05, 4.69) is 10.3 Å². The van der Waals surface area contributed by atoms with E-state index in [4.69, 9.17) is 0 Å². The van der Waals surface area contributed by atoms with Crippen LogP contribution >= 0.6 is 0 Å². The van der Waals surface area contributed by atoms with Gasteiger partial charge in [-0.3, -0.25) is 9.78 Å². The summed E-state index contributed by atoms with van der Waals surface area (Å²) in [5, 5.41) is 4.05. The number of benzene rings is 1. The fourth-order valence-corrected chi connectivity index (χ4v) is 1.87. The van der Waals surface area contributed by atoms with Crippen LogP contribution in [-0.2, 0) is 11.3 Å². The lowest BCUT2D eigenvalue weighted by Gasteiger charge is -2.04. The van der Waals surface area contributed by atoms with Crippen molar-refractivity contribution < 1.29 is 4.79 Å². The maximum absolute atomic E-state index is 11.5. The number of amides is 1. The van der Waals surface area contributed by atoms with E-state index in [1.807, 2.05) is 36.4 Å². The molecule has 1 aliphatic rings. The molecule has 1 fully saturated rings. The Labute approximate surface area is 99.9 Å². The van der Waals surface area contributed by atoms with Gasteiger partial charge in [-0.05, 0) is 25.0 Å². The molecule has 1 aromatic heterocycles. The van der Waals surface area contributed by atoms with Gasteiger partial charge in [-0.1, -0.05) is 24.3 Å². The number of para-hydroxylation sites is 1. The van der Waals surface area contributed by atoms with Crippen molar-refractivity contribution in [3.8, 4) is 0 Å². The number of hydrogen-bond donors (Lipinski definition) is 1. The summed E-state index contributed by atoms with van der Waals surface area (Å²) < 4.78 is 0. The number of nitrogens with one attached hydrogen (secondary N) is 1. The highest BCUT2D eigenvalue weighted by Gasteiger charge is 2.29. The van der Waals surface area contributed by atoms with E-state index < -0.39 is 0 Å². The number of carbonyl (C=O) groups excluding carboxylic acids is 1. The second-order valence-electron chi connectivity index (χ2n) is 4.49. The Balaban J connectivity index is 1.74. The van der Waals surface area contributed by atoms with Gasteiger partial charge in [0.05, 0.1) is 17.8 Å². The van der Waals surface area contributed by atoms with Crippen molar-refractivity contribution in [2.45, 2.75) is 19.4 Å². The lowest BCUT2D eigenvalue weighted by atomic mass is 10.2. The van der Waals surface area contributed by atoms with Crippen molar-refractivity contribution in [3.05, 3.63) is 42.1 Å². The molecule has 3 heteroatoms. The van der Waals surface area contributed by atoms with Gasteiger partial charge in [0.25, 0.3) is 0 Å². The molecule has 0 saturated heterocycles. The van der Waals surface area contributed by atoms with E-state index in [1.165, 1.54) is 0 Å². The van der Waals surface area contributed by atoms with Crippen LogP contribution in [0.4, 0.5) is 0 Å². The van der Waals surface area contributed by atoms with Crippen molar-refractivity contribution in [3.63, 3.8) is 0 Å². The lowest BCUT2D eigenvalue weighted by molar-refractivity contribution is -0.122. The van der Waals surface area contributed by atoms with Gasteiger partial charge >= 0.3 is 0 Å². The van der Waals surface area contributed by atoms with E-state index in [1.54, 1.807) is 0 Å². The molecule has 86 valence electrons. The van der Waals surface area contributed by atoms with Crippen molar-refractivity contribution in [2.75, 3.05) is 0 Å². The molecule has 1 amide bonds. The Morgan fingerprint density at radius 1 is 1.24 bits per heavy atom. The first kappa shape index (κ1) is 10.3. The van der Waals surface area contributed by atoms with Crippen LogP contribution in [0, 0.1) is 5.92 Å². The number of fused-ring (bicyclic) bond motifs is 1. The maximum atomic E-state index is 11.5. The van der Waals surface area contributed by atoms with Crippen molar-refractivity contribution >= 4 is 16.8 Å². The van der Waals surface area contributed by atoms with Crippen molar-refractivity contribution in [1.82, 2.24) is 10.3 Å². The Morgan fingerprint density at radius 2 is 2.06 bits per heavy atom. The van der Waals surface area contributed by atoms with Crippen LogP contribution in [-0.4, -0.2) is 10.9 Å². The largest absolute Gasteiger partial charge is 0.350 e. The minimum Gasteiger partial charge on any atom is -0.350 e. The first-order valence-corrected chi connectivity index (χ1v) is 5.95. The molecule has 17 heavy (non-hydrogen) atoms. The third kappa shape index (κ3) is 2.28. The molecule has 1 aromatic carbocycles. The van der Waals surface area contributed by atoms with Crippen molar-refractivity contribution in [2.24, 2.45) is 5.92 Å². The average Bonchev–Trinajstić information content (AvgIpc) is 3.20. The number of rotatable bonds is 3. The van der Waals surface area contributed by atoms with Crippen LogP contribution in [0.5, 0.6) is 0 Å². The van der Waals surface area contributed by atoms with Crippen LogP contribution in [0.1, 0.15) is 18.5 Å². The zero-order chi connectivity index (χ0) is 11.7. The van der Waals surface area contributed by atoms with Gasteiger partial charge in [-0.15, -0.1) is 0 Å². The molecule has 1 aliphatic carbocycles. The molecule has 0 aliphatic heterocycles. The SMILES string of the molecule is O=C(NCc1ccc2ccccc2n1)C1CC1. The van der Waals surface area contributed by atoms with E-state index >= 15 is 0 Å². The monoisotopic (exact) mass is 226 g/mol. The predicted molar refractivity (Wildman–Crippen MR) is 66.3 cm³/mol. The van der Waals surface area contributed by atoms with Gasteiger partial charge < -0.3 is 5.32 Å². The Hall–Kier alpha value is -1.90. The molecular weight excluding hydrogens is 212 g/mol. The molecule has 0 radical (unpaired) electrons. The third-order valence-corrected chi connectivity index (χ3v) is 3.05. The molecule has 2 aromatic rings. The molecule has 1 heterocycles. The zero-order valence-electron chi connectivity index (χ0n) is 9.52. The summed E-state index contributed by atoms with van der Waals surface area (Å²) in [6.07, 6.45) is 2.08. The summed E-state index contributed by atoms with van der Waals surface area (Å²) in [5.41, 5.74) is 1.89. The molecule has 0 unspecified atom stereocenters. The van der Waals surface area contributed by atoms with Crippen molar-refractivity contribution in [1.29, 1.82) is 0 Å². The van der Waals surface area contributed by atoms with Gasteiger partial charge in [-0.2, -0.15) is 0 Å². The van der Waals surface area contributed by atoms with Gasteiger partial charge in [0.15, 0.2) is 0 Å². The third-order valence-electron chi connectivity index (χ3n) is 3.05. The summed E-state index contributed by atoms with van der Waals surface area (Å²) in [4.78, 5) is 16.0. The normalized spacial score (nSPS) is 14.8. The number of aromatic nitrogens is 1. The highest BCUT2D eigenvalue weighted by molar-refractivity contribution is 5.81. The fourth-order valence-electron chi connectivity index (χ4n) is 1.87. The van der Waals surface area contributed by atoms with Gasteiger partial charge in [0.1, 0.15) is 0 Å². The number of hydrogen-bond acceptors (Lipinski definition) is 2. The number of carbonyl (C=O) groups is 1. The second kappa shape index (κ2) is 4.17. The highest BCUT2D eigenvalue weighted by atomic mass is 16.2. The summed E-state index contributed by atoms with van der Waals surface area (Å²) in [6.45, 7) is 0.528. The highest BCUT2D eigenvalue weighted by Crippen LogP contribution is 2.28. The average molecular weight is 226 g/mol. The summed E-state index contributed by atoms with van der Waals surface area (Å²) in [7, 11) is 0. The minimum atomic E-state index is 0.167. The molecule has 0 bridgehead atoms. The molecule has 3 nitrogen and oxygen atoms in total. The van der Waals surface area contributed by atoms with Gasteiger partial charge in [-0.25, -0.2) is 0 Å². The Bertz CT molecular complexity index is 561. The van der Waals surface area contributed by atoms with E-state index in [-0.39, 0.29) is 11.8 Å². The molecule has 1 saturated carbocycles. The second-order valence-corrected chi connectivity index (χ2v) is 4.49. The number of pyridine rings is 1. The number of nitrogens with zero attached hydrogens (tertiary/aromatic N) is 1. The van der Waals surface area contributed by atoms with Crippen LogP contribution < -0.4 is 5.32 Å². The van der Waals surface area contributed by atoms with Crippen LogP contribution in [0.3, 0.4) is 0 Å². The lowest BCUT2D eigenvalue weighted by Crippen LogP contribution is -2.24. The molecular formula is C14H14N2O. The molecule has 0 spiro atoms. The quantitative estimate of drug-likeness (QED) is 0.872. The van der Waals surface area contributed by atoms with Gasteiger partial charge in [0.2, 0.25) is 5.91 Å². The molecule has 3 rings (SSSR count). The first-order valence-electron chi connectivity index (χ1n) is 5.95. The van der Waals surface area contributed by atoms with Gasteiger partial charge in [0, 0.05) is 11.3 Å². The van der Waals surface area contributed by atoms with E-state index in [9.17, 15) is 4.79 Å². The first-order chi connectivity index (χ1) is 8.33. The smallest absolute Gasteiger partial charge is 0.223 e. The van der Waals surface area contributed by atoms with E-state index in [0.717, 1.165) is 29.4 Å². The summed E-state index contributed by atoms with van der Waals surface area (Å²) >= 11 is 0. The molecule has 1 N–H and O–H groups in total. The molecule has 0 atom stereocenters. The zero-order valence-corrected chi connectivity index (χ0v) is 9.52. The standard InChI is InChI=1S/C14H14N2O/c17-14(11-5-6-11)15-9-12-8-7-10-3-1-2-4-13(10)16-12/h1-4,7-8,11H,5-6,9H2,(H,15,17). The predicted octanol–water partition coefficient (Wildman–Crippen LogP) is 2.26.